The molecule has 11 heteroatoms. The van der Waals surface area contributed by atoms with Gasteiger partial charge >= 0.3 is 0 Å². The highest BCUT2D eigenvalue weighted by Crippen LogP contribution is 2.37. The second-order valence-corrected chi connectivity index (χ2v) is 9.77. The number of furan rings is 1. The van der Waals surface area contributed by atoms with Gasteiger partial charge in [-0.3, -0.25) is 10.2 Å². The van der Waals surface area contributed by atoms with Gasteiger partial charge in [0.15, 0.2) is 16.7 Å². The summed E-state index contributed by atoms with van der Waals surface area (Å²) < 4.78 is 24.6. The van der Waals surface area contributed by atoms with Crippen molar-refractivity contribution >= 4 is 38.8 Å². The predicted octanol–water partition coefficient (Wildman–Crippen LogP) is 6.11. The van der Waals surface area contributed by atoms with Crippen molar-refractivity contribution < 1.29 is 18.6 Å². The number of pyridine rings is 1. The van der Waals surface area contributed by atoms with Gasteiger partial charge in [0.05, 0.1) is 34.9 Å². The molecule has 0 saturated heterocycles. The molecule has 0 aliphatic heterocycles. The molecule has 1 aromatic carbocycles. The number of thiophene rings is 1. The Bertz CT molecular complexity index is 1480. The zero-order valence-electron chi connectivity index (χ0n) is 17.2. The molecule has 0 radical (unpaired) electrons. The number of benzene rings is 1. The predicted molar refractivity (Wildman–Crippen MR) is 129 cm³/mol. The van der Waals surface area contributed by atoms with Crippen LogP contribution in [0, 0.1) is 11.3 Å². The molecule has 5 rings (SSSR count). The first kappa shape index (κ1) is 22.0. The molecule has 1 N–H and O–H groups in total. The van der Waals surface area contributed by atoms with Crippen molar-refractivity contribution in [3.8, 4) is 40.0 Å². The molecule has 0 fully saturated rings. The Kier molecular flexibility index (Phi) is 6.20. The lowest BCUT2D eigenvalue weighted by molar-refractivity contribution is 0.324. The normalized spacial score (nSPS) is 11.6. The maximum atomic E-state index is 12.7. The van der Waals surface area contributed by atoms with Crippen molar-refractivity contribution in [3.63, 3.8) is 0 Å². The molecule has 0 spiro atoms. The SMILES string of the molecule is N#Cc1cc(S(=O)N(O)c2nccs2)ccc1Oc1cnc(-c2ccsc2)cc1-c1ccoc1. The van der Waals surface area contributed by atoms with Crippen LogP contribution >= 0.6 is 22.7 Å². The lowest BCUT2D eigenvalue weighted by Crippen LogP contribution is -2.21. The summed E-state index contributed by atoms with van der Waals surface area (Å²) in [5.74, 6) is 0.689. The quantitative estimate of drug-likeness (QED) is 0.265. The van der Waals surface area contributed by atoms with Crippen molar-refractivity contribution in [2.45, 2.75) is 4.90 Å². The first-order valence-electron chi connectivity index (χ1n) is 9.71. The highest BCUT2D eigenvalue weighted by molar-refractivity contribution is 7.86. The number of hydrogen-bond donors (Lipinski definition) is 1. The highest BCUT2D eigenvalue weighted by Gasteiger charge is 2.19. The van der Waals surface area contributed by atoms with E-state index in [-0.39, 0.29) is 21.3 Å². The molecule has 0 bridgehead atoms. The molecule has 34 heavy (non-hydrogen) atoms. The topological polar surface area (TPSA) is 112 Å². The zero-order valence-corrected chi connectivity index (χ0v) is 19.6. The summed E-state index contributed by atoms with van der Waals surface area (Å²) in [7, 11) is -1.97. The number of nitriles is 1. The summed E-state index contributed by atoms with van der Waals surface area (Å²) in [6, 6.07) is 12.2. The van der Waals surface area contributed by atoms with E-state index in [1.165, 1.54) is 24.4 Å². The zero-order chi connectivity index (χ0) is 23.5. The third kappa shape index (κ3) is 4.35. The first-order chi connectivity index (χ1) is 16.6. The minimum absolute atomic E-state index is 0.151. The summed E-state index contributed by atoms with van der Waals surface area (Å²) in [6.07, 6.45) is 6.26. The number of aromatic nitrogens is 2. The smallest absolute Gasteiger partial charge is 0.223 e. The number of thiazole rings is 1. The fraction of sp³-hybridized carbons (Fsp3) is 0. The van der Waals surface area contributed by atoms with Crippen LogP contribution in [0.3, 0.4) is 0 Å². The van der Waals surface area contributed by atoms with Crippen molar-refractivity contribution in [1.29, 1.82) is 5.26 Å². The molecule has 0 aliphatic carbocycles. The van der Waals surface area contributed by atoms with Gasteiger partial charge in [-0.25, -0.2) is 9.19 Å². The van der Waals surface area contributed by atoms with E-state index < -0.39 is 11.0 Å². The second kappa shape index (κ2) is 9.58. The van der Waals surface area contributed by atoms with E-state index in [1.54, 1.807) is 35.4 Å². The Morgan fingerprint density at radius 2 is 2.03 bits per heavy atom. The molecule has 4 aromatic heterocycles. The van der Waals surface area contributed by atoms with Crippen molar-refractivity contribution in [1.82, 2.24) is 9.97 Å². The van der Waals surface area contributed by atoms with E-state index >= 15 is 0 Å². The van der Waals surface area contributed by atoms with E-state index in [0.717, 1.165) is 33.7 Å². The summed E-state index contributed by atoms with van der Waals surface area (Å²) in [4.78, 5) is 8.68. The van der Waals surface area contributed by atoms with Crippen LogP contribution in [0.4, 0.5) is 5.13 Å². The van der Waals surface area contributed by atoms with Gasteiger partial charge < -0.3 is 9.15 Å². The number of anilines is 1. The molecular formula is C23H14N4O4S3. The lowest BCUT2D eigenvalue weighted by Gasteiger charge is -2.15. The molecular weight excluding hydrogens is 492 g/mol. The van der Waals surface area contributed by atoms with Gasteiger partial charge in [-0.1, -0.05) is 0 Å². The van der Waals surface area contributed by atoms with Crippen molar-refractivity contribution in [2.75, 3.05) is 4.47 Å². The van der Waals surface area contributed by atoms with Crippen LogP contribution in [0.2, 0.25) is 0 Å². The Morgan fingerprint density at radius 1 is 1.12 bits per heavy atom. The Morgan fingerprint density at radius 3 is 2.74 bits per heavy atom. The van der Waals surface area contributed by atoms with Crippen LogP contribution in [0.25, 0.3) is 22.4 Å². The number of ether oxygens (including phenoxy) is 1. The Balaban J connectivity index is 1.48. The van der Waals surface area contributed by atoms with E-state index in [0.29, 0.717) is 10.2 Å². The van der Waals surface area contributed by atoms with Crippen LogP contribution in [-0.4, -0.2) is 19.4 Å². The highest BCUT2D eigenvalue weighted by atomic mass is 32.2. The average Bonchev–Trinajstić information content (AvgIpc) is 3.66. The largest absolute Gasteiger partial charge is 0.472 e. The Hall–Kier alpha value is -3.82. The number of rotatable bonds is 7. The first-order valence-corrected chi connectivity index (χ1v) is 12.6. The summed E-state index contributed by atoms with van der Waals surface area (Å²) in [6.45, 7) is 0. The molecule has 0 aliphatic rings. The minimum atomic E-state index is -1.97. The minimum Gasteiger partial charge on any atom is -0.472 e. The second-order valence-electron chi connectivity index (χ2n) is 6.80. The third-order valence-electron chi connectivity index (χ3n) is 4.75. The number of hydrogen-bond acceptors (Lipinski definition) is 9. The lowest BCUT2D eigenvalue weighted by atomic mass is 10.1. The maximum absolute atomic E-state index is 12.7. The van der Waals surface area contributed by atoms with Crippen LogP contribution in [-0.2, 0) is 11.0 Å². The molecule has 5 aromatic rings. The fourth-order valence-electron chi connectivity index (χ4n) is 3.13. The van der Waals surface area contributed by atoms with E-state index in [4.69, 9.17) is 9.15 Å². The average molecular weight is 507 g/mol. The van der Waals surface area contributed by atoms with Gasteiger partial charge in [0, 0.05) is 33.6 Å². The van der Waals surface area contributed by atoms with E-state index in [1.807, 2.05) is 29.0 Å². The summed E-state index contributed by atoms with van der Waals surface area (Å²) >= 11 is 2.72. The number of nitrogens with zero attached hydrogens (tertiary/aromatic N) is 4. The van der Waals surface area contributed by atoms with Gasteiger partial charge in [0.25, 0.3) is 0 Å². The van der Waals surface area contributed by atoms with Crippen molar-refractivity contribution in [3.05, 3.63) is 83.0 Å². The van der Waals surface area contributed by atoms with Gasteiger partial charge in [-0.05, 0) is 41.8 Å². The van der Waals surface area contributed by atoms with Crippen LogP contribution < -0.4 is 9.21 Å². The van der Waals surface area contributed by atoms with E-state index in [9.17, 15) is 14.7 Å². The van der Waals surface area contributed by atoms with Crippen LogP contribution in [0.15, 0.2) is 86.8 Å². The van der Waals surface area contributed by atoms with E-state index in [2.05, 4.69) is 16.0 Å². The molecule has 1 atom stereocenters. The molecule has 1 unspecified atom stereocenters. The summed E-state index contributed by atoms with van der Waals surface area (Å²) in [5.41, 5.74) is 3.45. The summed E-state index contributed by atoms with van der Waals surface area (Å²) in [5, 5.41) is 25.7. The fourth-order valence-corrected chi connectivity index (χ4v) is 5.36. The van der Waals surface area contributed by atoms with Gasteiger partial charge in [-0.2, -0.15) is 16.6 Å². The van der Waals surface area contributed by atoms with Gasteiger partial charge in [-0.15, -0.1) is 15.8 Å². The maximum Gasteiger partial charge on any atom is 0.223 e. The molecule has 0 saturated carbocycles. The van der Waals surface area contributed by atoms with Crippen LogP contribution in [0.5, 0.6) is 11.5 Å². The molecule has 0 amide bonds. The Labute approximate surface area is 204 Å². The third-order valence-corrected chi connectivity index (χ3v) is 7.44. The van der Waals surface area contributed by atoms with Crippen molar-refractivity contribution in [2.24, 2.45) is 0 Å². The van der Waals surface area contributed by atoms with Gasteiger partial charge in [0.1, 0.15) is 11.8 Å². The monoisotopic (exact) mass is 506 g/mol. The molecule has 168 valence electrons. The van der Waals surface area contributed by atoms with Crippen LogP contribution in [0.1, 0.15) is 5.56 Å². The molecule has 8 nitrogen and oxygen atoms in total. The standard InChI is InChI=1S/C23H14N4O4S3/c24-11-17-9-18(34(29)27(28)23-25-5-8-33-23)1-2-21(17)31-22-12-26-20(16-4-7-32-14-16)10-19(22)15-3-6-30-13-15/h1-10,12-14,28H. The van der Waals surface area contributed by atoms with Gasteiger partial charge in [0.2, 0.25) is 5.13 Å². The molecule has 4 heterocycles.